The molecule has 3 rings (SSSR count). The average molecular weight is 266 g/mol. The number of benzene rings is 2. The standard InChI is InChI=1S/C15H14N4O/c1-8-2-3-10-7-11(5-4-9(10)6-8)13-12(15(17)20)14(16)19-18-13/h2-7H,1H3,(H2,17,20)(H3,16,18,19). The maximum atomic E-state index is 11.5. The Balaban J connectivity index is 2.20. The minimum atomic E-state index is -0.588. The van der Waals surface area contributed by atoms with E-state index in [2.05, 4.69) is 16.3 Å². The quantitative estimate of drug-likeness (QED) is 0.663. The Morgan fingerprint density at radius 3 is 2.60 bits per heavy atom. The number of hydrogen-bond donors (Lipinski definition) is 3. The number of carbonyl (C=O) groups excluding carboxylic acids is 1. The van der Waals surface area contributed by atoms with E-state index < -0.39 is 5.91 Å². The van der Waals surface area contributed by atoms with Crippen LogP contribution in [0.1, 0.15) is 15.9 Å². The van der Waals surface area contributed by atoms with Crippen LogP contribution >= 0.6 is 0 Å². The lowest BCUT2D eigenvalue weighted by Gasteiger charge is -2.04. The SMILES string of the molecule is Cc1ccc2cc(-c3[nH]nc(N)c3C(N)=O)ccc2c1. The Hall–Kier alpha value is -2.82. The van der Waals surface area contributed by atoms with Crippen LogP contribution in [0.25, 0.3) is 22.0 Å². The number of nitrogens with zero attached hydrogens (tertiary/aromatic N) is 1. The fourth-order valence-corrected chi connectivity index (χ4v) is 2.33. The summed E-state index contributed by atoms with van der Waals surface area (Å²) < 4.78 is 0. The third kappa shape index (κ3) is 1.89. The second-order valence-corrected chi connectivity index (χ2v) is 4.79. The largest absolute Gasteiger partial charge is 0.382 e. The zero-order chi connectivity index (χ0) is 14.3. The number of nitrogens with two attached hydrogens (primary N) is 2. The van der Waals surface area contributed by atoms with Gasteiger partial charge >= 0.3 is 0 Å². The molecular weight excluding hydrogens is 252 g/mol. The van der Waals surface area contributed by atoms with Gasteiger partial charge in [-0.2, -0.15) is 5.10 Å². The second kappa shape index (κ2) is 4.38. The summed E-state index contributed by atoms with van der Waals surface area (Å²) in [5, 5.41) is 8.85. The Kier molecular flexibility index (Phi) is 2.68. The molecule has 3 aromatic rings. The van der Waals surface area contributed by atoms with Crippen molar-refractivity contribution in [1.29, 1.82) is 0 Å². The summed E-state index contributed by atoms with van der Waals surface area (Å²) in [6.07, 6.45) is 0. The summed E-state index contributed by atoms with van der Waals surface area (Å²) in [5.74, 6) is -0.466. The molecule has 0 aliphatic rings. The van der Waals surface area contributed by atoms with Crippen LogP contribution in [0.4, 0.5) is 5.82 Å². The molecule has 1 aromatic heterocycles. The van der Waals surface area contributed by atoms with Gasteiger partial charge in [-0.1, -0.05) is 35.9 Å². The van der Waals surface area contributed by atoms with Gasteiger partial charge in [0.05, 0.1) is 5.69 Å². The van der Waals surface area contributed by atoms with Crippen molar-refractivity contribution in [2.45, 2.75) is 6.92 Å². The highest BCUT2D eigenvalue weighted by molar-refractivity contribution is 6.03. The van der Waals surface area contributed by atoms with E-state index in [0.717, 1.165) is 16.3 Å². The second-order valence-electron chi connectivity index (χ2n) is 4.79. The van der Waals surface area contributed by atoms with Crippen molar-refractivity contribution in [3.63, 3.8) is 0 Å². The normalized spacial score (nSPS) is 10.8. The van der Waals surface area contributed by atoms with Crippen LogP contribution in [0.15, 0.2) is 36.4 Å². The molecular formula is C15H14N4O. The Morgan fingerprint density at radius 2 is 1.85 bits per heavy atom. The van der Waals surface area contributed by atoms with E-state index in [0.29, 0.717) is 5.69 Å². The third-order valence-electron chi connectivity index (χ3n) is 3.33. The number of amides is 1. The van der Waals surface area contributed by atoms with Gasteiger partial charge < -0.3 is 11.5 Å². The fraction of sp³-hybridized carbons (Fsp3) is 0.0667. The van der Waals surface area contributed by atoms with Crippen LogP contribution in [0.3, 0.4) is 0 Å². The highest BCUT2D eigenvalue weighted by Crippen LogP contribution is 2.28. The van der Waals surface area contributed by atoms with Gasteiger partial charge in [0.25, 0.3) is 5.91 Å². The lowest BCUT2D eigenvalue weighted by molar-refractivity contribution is 0.100. The predicted octanol–water partition coefficient (Wildman–Crippen LogP) is 2.22. The fourth-order valence-electron chi connectivity index (χ4n) is 2.33. The molecule has 1 amide bonds. The number of aryl methyl sites for hydroxylation is 1. The lowest BCUT2D eigenvalue weighted by atomic mass is 10.0. The molecule has 0 saturated heterocycles. The minimum Gasteiger partial charge on any atom is -0.382 e. The van der Waals surface area contributed by atoms with Crippen molar-refractivity contribution in [1.82, 2.24) is 10.2 Å². The van der Waals surface area contributed by atoms with E-state index in [1.165, 1.54) is 5.56 Å². The first kappa shape index (κ1) is 12.2. The lowest BCUT2D eigenvalue weighted by Crippen LogP contribution is -2.13. The molecule has 1 heterocycles. The first-order valence-corrected chi connectivity index (χ1v) is 6.20. The maximum Gasteiger partial charge on any atom is 0.254 e. The van der Waals surface area contributed by atoms with E-state index in [9.17, 15) is 4.79 Å². The number of rotatable bonds is 2. The van der Waals surface area contributed by atoms with Crippen LogP contribution in [-0.4, -0.2) is 16.1 Å². The zero-order valence-corrected chi connectivity index (χ0v) is 11.0. The first-order valence-electron chi connectivity index (χ1n) is 6.20. The Morgan fingerprint density at radius 1 is 1.15 bits per heavy atom. The summed E-state index contributed by atoms with van der Waals surface area (Å²) in [4.78, 5) is 11.5. The molecule has 2 aromatic carbocycles. The number of aromatic nitrogens is 2. The van der Waals surface area contributed by atoms with E-state index in [-0.39, 0.29) is 11.4 Å². The van der Waals surface area contributed by atoms with Gasteiger partial charge in [-0.05, 0) is 23.8 Å². The van der Waals surface area contributed by atoms with E-state index in [4.69, 9.17) is 11.5 Å². The van der Waals surface area contributed by atoms with Crippen molar-refractivity contribution in [3.8, 4) is 11.3 Å². The molecule has 5 heteroatoms. The Bertz CT molecular complexity index is 820. The van der Waals surface area contributed by atoms with Crippen molar-refractivity contribution < 1.29 is 4.79 Å². The van der Waals surface area contributed by atoms with E-state index in [1.807, 2.05) is 37.3 Å². The van der Waals surface area contributed by atoms with Gasteiger partial charge in [0, 0.05) is 5.56 Å². The molecule has 5 nitrogen and oxygen atoms in total. The monoisotopic (exact) mass is 266 g/mol. The molecule has 0 unspecified atom stereocenters. The number of carbonyl (C=O) groups is 1. The first-order chi connectivity index (χ1) is 9.56. The number of hydrogen-bond acceptors (Lipinski definition) is 3. The number of aromatic amines is 1. The van der Waals surface area contributed by atoms with Gasteiger partial charge in [-0.15, -0.1) is 0 Å². The maximum absolute atomic E-state index is 11.5. The van der Waals surface area contributed by atoms with Crippen LogP contribution in [0.2, 0.25) is 0 Å². The summed E-state index contributed by atoms with van der Waals surface area (Å²) in [6.45, 7) is 2.05. The van der Waals surface area contributed by atoms with Crippen LogP contribution in [-0.2, 0) is 0 Å². The number of nitrogens with one attached hydrogen (secondary N) is 1. The van der Waals surface area contributed by atoms with Crippen molar-refractivity contribution in [2.75, 3.05) is 5.73 Å². The molecule has 0 aliphatic heterocycles. The van der Waals surface area contributed by atoms with Crippen LogP contribution in [0.5, 0.6) is 0 Å². The van der Waals surface area contributed by atoms with Crippen molar-refractivity contribution in [2.24, 2.45) is 5.73 Å². The van der Waals surface area contributed by atoms with Crippen LogP contribution < -0.4 is 11.5 Å². The van der Waals surface area contributed by atoms with Gasteiger partial charge in [0.15, 0.2) is 5.82 Å². The topological polar surface area (TPSA) is 97.8 Å². The van der Waals surface area contributed by atoms with Gasteiger partial charge in [-0.25, -0.2) is 0 Å². The van der Waals surface area contributed by atoms with E-state index >= 15 is 0 Å². The minimum absolute atomic E-state index is 0.122. The van der Waals surface area contributed by atoms with Crippen molar-refractivity contribution >= 4 is 22.5 Å². The molecule has 0 bridgehead atoms. The van der Waals surface area contributed by atoms with Gasteiger partial charge in [-0.3, -0.25) is 9.89 Å². The number of fused-ring (bicyclic) bond motifs is 1. The molecule has 0 fully saturated rings. The summed E-state index contributed by atoms with van der Waals surface area (Å²) in [5.41, 5.74) is 13.8. The number of H-pyrrole nitrogens is 1. The Labute approximate surface area is 115 Å². The summed E-state index contributed by atoms with van der Waals surface area (Å²) in [6, 6.07) is 12.1. The molecule has 0 aliphatic carbocycles. The molecule has 0 saturated carbocycles. The van der Waals surface area contributed by atoms with Gasteiger partial charge in [0.2, 0.25) is 0 Å². The summed E-state index contributed by atoms with van der Waals surface area (Å²) >= 11 is 0. The molecule has 20 heavy (non-hydrogen) atoms. The van der Waals surface area contributed by atoms with E-state index in [1.54, 1.807) is 0 Å². The molecule has 0 spiro atoms. The third-order valence-corrected chi connectivity index (χ3v) is 3.33. The number of primary amides is 1. The number of nitrogen functional groups attached to an aromatic ring is 1. The zero-order valence-electron chi connectivity index (χ0n) is 11.0. The highest BCUT2D eigenvalue weighted by atomic mass is 16.1. The predicted molar refractivity (Wildman–Crippen MR) is 79.2 cm³/mol. The summed E-state index contributed by atoms with van der Waals surface area (Å²) in [7, 11) is 0. The van der Waals surface area contributed by atoms with Crippen LogP contribution in [0, 0.1) is 6.92 Å². The number of anilines is 1. The molecule has 100 valence electrons. The smallest absolute Gasteiger partial charge is 0.254 e. The molecule has 0 radical (unpaired) electrons. The van der Waals surface area contributed by atoms with Crippen molar-refractivity contribution in [3.05, 3.63) is 47.5 Å². The highest BCUT2D eigenvalue weighted by Gasteiger charge is 2.17. The molecule has 0 atom stereocenters. The average Bonchev–Trinajstić information content (AvgIpc) is 2.80. The molecule has 5 N–H and O–H groups in total. The van der Waals surface area contributed by atoms with Gasteiger partial charge in [0.1, 0.15) is 5.56 Å².